The Morgan fingerprint density at radius 1 is 0.850 bits per heavy atom. The first-order valence-electron chi connectivity index (χ1n) is 6.69. The van der Waals surface area contributed by atoms with Crippen molar-refractivity contribution in [2.45, 2.75) is 18.8 Å². The molecule has 0 spiro atoms. The molecule has 0 aliphatic heterocycles. The molecule has 1 aliphatic rings. The van der Waals surface area contributed by atoms with E-state index >= 15 is 0 Å². The maximum Gasteiger partial charge on any atom is 0.289 e. The van der Waals surface area contributed by atoms with Crippen LogP contribution >= 0.6 is 0 Å². The highest BCUT2D eigenvalue weighted by Crippen LogP contribution is 2.40. The molecule has 3 rings (SSSR count). The van der Waals surface area contributed by atoms with Crippen molar-refractivity contribution in [2.24, 2.45) is 5.73 Å². The van der Waals surface area contributed by atoms with Crippen LogP contribution in [0.4, 0.5) is 0 Å². The van der Waals surface area contributed by atoms with Crippen molar-refractivity contribution in [1.29, 1.82) is 0 Å². The zero-order chi connectivity index (χ0) is 14.1. The van der Waals surface area contributed by atoms with Crippen LogP contribution in [0.15, 0.2) is 48.5 Å². The number of hydrogen-bond donors (Lipinski definition) is 1. The molecule has 0 bridgehead atoms. The third-order valence-electron chi connectivity index (χ3n) is 3.66. The number of benzene rings is 2. The normalized spacial score (nSPS) is 14.0. The lowest BCUT2D eigenvalue weighted by molar-refractivity contribution is -0.114. The Kier molecular flexibility index (Phi) is 3.11. The molecule has 1 amide bonds. The highest BCUT2D eigenvalue weighted by molar-refractivity contribution is 6.42. The Balaban J connectivity index is 1.83. The van der Waals surface area contributed by atoms with Crippen molar-refractivity contribution in [1.82, 2.24) is 0 Å². The van der Waals surface area contributed by atoms with Gasteiger partial charge in [-0.3, -0.25) is 9.59 Å². The predicted octanol–water partition coefficient (Wildman–Crippen LogP) is 2.90. The molecule has 0 aromatic heterocycles. The van der Waals surface area contributed by atoms with Gasteiger partial charge in [0.05, 0.1) is 0 Å². The van der Waals surface area contributed by atoms with E-state index in [1.807, 2.05) is 12.1 Å². The largest absolute Gasteiger partial charge is 0.363 e. The molecule has 2 N–H and O–H groups in total. The van der Waals surface area contributed by atoms with Gasteiger partial charge in [0.15, 0.2) is 0 Å². The average Bonchev–Trinajstić information content (AvgIpc) is 3.31. The van der Waals surface area contributed by atoms with Crippen LogP contribution in [0.2, 0.25) is 0 Å². The van der Waals surface area contributed by atoms with Gasteiger partial charge in [0.2, 0.25) is 5.78 Å². The monoisotopic (exact) mass is 265 g/mol. The molecule has 0 atom stereocenters. The van der Waals surface area contributed by atoms with Gasteiger partial charge in [0.1, 0.15) is 0 Å². The summed E-state index contributed by atoms with van der Waals surface area (Å²) in [5, 5.41) is 0. The van der Waals surface area contributed by atoms with Crippen molar-refractivity contribution in [3.63, 3.8) is 0 Å². The van der Waals surface area contributed by atoms with Crippen LogP contribution in [0.5, 0.6) is 0 Å². The first kappa shape index (κ1) is 12.6. The van der Waals surface area contributed by atoms with Crippen molar-refractivity contribution in [3.8, 4) is 11.1 Å². The maximum absolute atomic E-state index is 11.4. The van der Waals surface area contributed by atoms with Crippen molar-refractivity contribution in [3.05, 3.63) is 59.7 Å². The van der Waals surface area contributed by atoms with Gasteiger partial charge in [-0.1, -0.05) is 48.5 Å². The zero-order valence-corrected chi connectivity index (χ0v) is 11.0. The number of amides is 1. The first-order chi connectivity index (χ1) is 9.65. The molecule has 0 heterocycles. The second-order valence-electron chi connectivity index (χ2n) is 5.17. The van der Waals surface area contributed by atoms with Gasteiger partial charge < -0.3 is 5.73 Å². The lowest BCUT2D eigenvalue weighted by Crippen LogP contribution is -2.22. The van der Waals surface area contributed by atoms with Crippen molar-refractivity contribution in [2.75, 3.05) is 0 Å². The maximum atomic E-state index is 11.4. The number of ketones is 1. The molecule has 100 valence electrons. The van der Waals surface area contributed by atoms with Crippen LogP contribution in [0.25, 0.3) is 11.1 Å². The molecular formula is C17H15NO2. The molecule has 3 nitrogen and oxygen atoms in total. The summed E-state index contributed by atoms with van der Waals surface area (Å²) in [6, 6.07) is 15.5. The minimum atomic E-state index is -0.925. The van der Waals surface area contributed by atoms with Gasteiger partial charge in [0, 0.05) is 5.56 Å². The topological polar surface area (TPSA) is 60.2 Å². The fraction of sp³-hybridized carbons (Fsp3) is 0.176. The zero-order valence-electron chi connectivity index (χ0n) is 11.0. The summed E-state index contributed by atoms with van der Waals surface area (Å²) in [7, 11) is 0. The summed E-state index contributed by atoms with van der Waals surface area (Å²) < 4.78 is 0. The van der Waals surface area contributed by atoms with Gasteiger partial charge in [-0.25, -0.2) is 0 Å². The third-order valence-corrected chi connectivity index (χ3v) is 3.66. The van der Waals surface area contributed by atoms with Crippen LogP contribution in [0.3, 0.4) is 0 Å². The molecule has 2 aromatic rings. The van der Waals surface area contributed by atoms with E-state index in [-0.39, 0.29) is 0 Å². The minimum absolute atomic E-state index is 0.329. The number of carbonyl (C=O) groups is 2. The summed E-state index contributed by atoms with van der Waals surface area (Å²) in [4.78, 5) is 22.3. The fourth-order valence-electron chi connectivity index (χ4n) is 2.32. The summed E-state index contributed by atoms with van der Waals surface area (Å²) in [6.45, 7) is 0. The number of rotatable bonds is 4. The van der Waals surface area contributed by atoms with Crippen LogP contribution in [0.1, 0.15) is 34.7 Å². The standard InChI is InChI=1S/C17H15NO2/c18-17(20)16(19)15-9-7-14(8-10-15)13-5-3-12(4-6-13)11-1-2-11/h3-11H,1-2H2,(H2,18,20). The Morgan fingerprint density at radius 2 is 1.35 bits per heavy atom. The van der Waals surface area contributed by atoms with Gasteiger partial charge in [0.25, 0.3) is 5.91 Å². The summed E-state index contributed by atoms with van der Waals surface area (Å²) in [5.74, 6) is -0.827. The number of primary amides is 1. The number of carbonyl (C=O) groups excluding carboxylic acids is 2. The van der Waals surface area contributed by atoms with E-state index < -0.39 is 11.7 Å². The van der Waals surface area contributed by atoms with E-state index in [1.165, 1.54) is 18.4 Å². The van der Waals surface area contributed by atoms with E-state index in [1.54, 1.807) is 12.1 Å². The van der Waals surface area contributed by atoms with Crippen molar-refractivity contribution >= 4 is 11.7 Å². The third kappa shape index (κ3) is 2.48. The minimum Gasteiger partial charge on any atom is -0.363 e. The van der Waals surface area contributed by atoms with Crippen LogP contribution in [0, 0.1) is 0 Å². The highest BCUT2D eigenvalue weighted by Gasteiger charge is 2.22. The quantitative estimate of drug-likeness (QED) is 0.682. The molecule has 1 aliphatic carbocycles. The van der Waals surface area contributed by atoms with Gasteiger partial charge in [-0.15, -0.1) is 0 Å². The molecule has 1 saturated carbocycles. The van der Waals surface area contributed by atoms with E-state index in [0.29, 0.717) is 5.56 Å². The molecule has 1 fully saturated rings. The second-order valence-corrected chi connectivity index (χ2v) is 5.17. The van der Waals surface area contributed by atoms with E-state index in [2.05, 4.69) is 24.3 Å². The van der Waals surface area contributed by atoms with Crippen molar-refractivity contribution < 1.29 is 9.59 Å². The molecule has 0 saturated heterocycles. The summed E-state index contributed by atoms with van der Waals surface area (Å²) in [5.41, 5.74) is 8.83. The number of hydrogen-bond acceptors (Lipinski definition) is 2. The van der Waals surface area contributed by atoms with Crippen LogP contribution in [-0.2, 0) is 4.79 Å². The molecule has 0 radical (unpaired) electrons. The summed E-state index contributed by atoms with van der Waals surface area (Å²) in [6.07, 6.45) is 2.59. The van der Waals surface area contributed by atoms with Gasteiger partial charge in [-0.2, -0.15) is 0 Å². The van der Waals surface area contributed by atoms with Gasteiger partial charge >= 0.3 is 0 Å². The number of Topliss-reactive ketones (excluding diaryl/α,β-unsaturated/α-hetero) is 1. The van der Waals surface area contributed by atoms with Crippen LogP contribution < -0.4 is 5.73 Å². The number of nitrogens with two attached hydrogens (primary N) is 1. The second kappa shape index (κ2) is 4.93. The molecule has 20 heavy (non-hydrogen) atoms. The average molecular weight is 265 g/mol. The molecular weight excluding hydrogens is 250 g/mol. The summed E-state index contributed by atoms with van der Waals surface area (Å²) >= 11 is 0. The smallest absolute Gasteiger partial charge is 0.289 e. The molecule has 0 unspecified atom stereocenters. The SMILES string of the molecule is NC(=O)C(=O)c1ccc(-c2ccc(C3CC3)cc2)cc1. The van der Waals surface area contributed by atoms with E-state index in [9.17, 15) is 9.59 Å². The van der Waals surface area contributed by atoms with E-state index in [4.69, 9.17) is 5.73 Å². The predicted molar refractivity (Wildman–Crippen MR) is 77.4 cm³/mol. The van der Waals surface area contributed by atoms with Crippen LogP contribution in [-0.4, -0.2) is 11.7 Å². The highest BCUT2D eigenvalue weighted by atomic mass is 16.2. The lowest BCUT2D eigenvalue weighted by atomic mass is 10.0. The molecule has 3 heteroatoms. The first-order valence-corrected chi connectivity index (χ1v) is 6.69. The Bertz CT molecular complexity index is 652. The Hall–Kier alpha value is -2.42. The fourth-order valence-corrected chi connectivity index (χ4v) is 2.32. The lowest BCUT2D eigenvalue weighted by Gasteiger charge is -2.04. The molecule has 2 aromatic carbocycles. The van der Waals surface area contributed by atoms with Gasteiger partial charge in [-0.05, 0) is 35.4 Å². The van der Waals surface area contributed by atoms with E-state index in [0.717, 1.165) is 17.0 Å². The Labute approximate surface area is 117 Å². The Morgan fingerprint density at radius 3 is 1.80 bits per heavy atom.